The van der Waals surface area contributed by atoms with Crippen molar-refractivity contribution in [2.75, 3.05) is 19.7 Å². The van der Waals surface area contributed by atoms with Gasteiger partial charge in [0, 0.05) is 19.1 Å². The number of hydrogen-bond acceptors (Lipinski definition) is 4. The molecule has 1 aromatic rings. The van der Waals surface area contributed by atoms with Gasteiger partial charge in [0.05, 0.1) is 0 Å². The van der Waals surface area contributed by atoms with E-state index in [1.54, 1.807) is 4.90 Å². The summed E-state index contributed by atoms with van der Waals surface area (Å²) in [6.07, 6.45) is 1.14. The second-order valence-corrected chi connectivity index (χ2v) is 7.80. The van der Waals surface area contributed by atoms with E-state index in [9.17, 15) is 9.59 Å². The van der Waals surface area contributed by atoms with Crippen LogP contribution in [-0.2, 0) is 9.53 Å². The van der Waals surface area contributed by atoms with Crippen LogP contribution < -0.4 is 10.1 Å². The first kappa shape index (κ1) is 20.1. The average Bonchev–Trinajstić information content (AvgIpc) is 2.55. The molecular weight excluding hydrogens is 332 g/mol. The van der Waals surface area contributed by atoms with Gasteiger partial charge in [0.2, 0.25) is 0 Å². The monoisotopic (exact) mass is 362 g/mol. The fourth-order valence-corrected chi connectivity index (χ4v) is 2.83. The van der Waals surface area contributed by atoms with E-state index in [2.05, 4.69) is 5.32 Å². The predicted molar refractivity (Wildman–Crippen MR) is 100 cm³/mol. The van der Waals surface area contributed by atoms with E-state index in [0.717, 1.165) is 16.9 Å². The van der Waals surface area contributed by atoms with Crippen LogP contribution in [0.5, 0.6) is 5.75 Å². The van der Waals surface area contributed by atoms with Crippen molar-refractivity contribution in [3.63, 3.8) is 0 Å². The van der Waals surface area contributed by atoms with Crippen molar-refractivity contribution < 1.29 is 19.1 Å². The van der Waals surface area contributed by atoms with E-state index in [0.29, 0.717) is 25.9 Å². The van der Waals surface area contributed by atoms with Crippen LogP contribution in [0.3, 0.4) is 0 Å². The number of carbonyl (C=O) groups is 2. The molecule has 0 saturated carbocycles. The zero-order chi connectivity index (χ0) is 19.3. The normalized spacial score (nSPS) is 15.5. The molecule has 1 N–H and O–H groups in total. The number of nitrogens with zero attached hydrogens (tertiary/aromatic N) is 1. The zero-order valence-electron chi connectivity index (χ0n) is 16.4. The number of amides is 2. The molecule has 1 aliphatic heterocycles. The van der Waals surface area contributed by atoms with Crippen molar-refractivity contribution in [2.45, 2.75) is 59.1 Å². The minimum Gasteiger partial charge on any atom is -0.483 e. The minimum atomic E-state index is -0.493. The van der Waals surface area contributed by atoms with Crippen molar-refractivity contribution in [3.05, 3.63) is 29.3 Å². The fourth-order valence-electron chi connectivity index (χ4n) is 2.83. The lowest BCUT2D eigenvalue weighted by molar-refractivity contribution is -0.124. The second kappa shape index (κ2) is 8.43. The van der Waals surface area contributed by atoms with Crippen molar-refractivity contribution in [1.82, 2.24) is 10.2 Å². The molecule has 0 unspecified atom stereocenters. The SMILES string of the molecule is Cc1cccc(OCC(=O)NC2CCN(C(=O)OC(C)(C)C)CC2)c1C. The first-order chi connectivity index (χ1) is 12.2. The molecule has 0 atom stereocenters. The Kier molecular flexibility index (Phi) is 6.51. The summed E-state index contributed by atoms with van der Waals surface area (Å²) in [7, 11) is 0. The van der Waals surface area contributed by atoms with E-state index >= 15 is 0 Å². The maximum Gasteiger partial charge on any atom is 0.410 e. The van der Waals surface area contributed by atoms with Crippen LogP contribution in [0.15, 0.2) is 18.2 Å². The highest BCUT2D eigenvalue weighted by Gasteiger charge is 2.27. The number of ether oxygens (including phenoxy) is 2. The molecule has 2 rings (SSSR count). The van der Waals surface area contributed by atoms with Crippen LogP contribution in [0.1, 0.15) is 44.7 Å². The first-order valence-corrected chi connectivity index (χ1v) is 9.12. The van der Waals surface area contributed by atoms with Gasteiger partial charge in [-0.25, -0.2) is 4.79 Å². The maximum absolute atomic E-state index is 12.1. The molecule has 144 valence electrons. The van der Waals surface area contributed by atoms with Gasteiger partial charge in [0.15, 0.2) is 6.61 Å². The highest BCUT2D eigenvalue weighted by molar-refractivity contribution is 5.78. The molecule has 1 aromatic carbocycles. The summed E-state index contributed by atoms with van der Waals surface area (Å²) in [5, 5.41) is 2.99. The summed E-state index contributed by atoms with van der Waals surface area (Å²) in [4.78, 5) is 25.9. The smallest absolute Gasteiger partial charge is 0.410 e. The van der Waals surface area contributed by atoms with E-state index < -0.39 is 5.60 Å². The summed E-state index contributed by atoms with van der Waals surface area (Å²) < 4.78 is 11.0. The maximum atomic E-state index is 12.1. The van der Waals surface area contributed by atoms with Crippen molar-refractivity contribution in [3.8, 4) is 5.75 Å². The van der Waals surface area contributed by atoms with Crippen LogP contribution in [0, 0.1) is 13.8 Å². The van der Waals surface area contributed by atoms with Gasteiger partial charge >= 0.3 is 6.09 Å². The van der Waals surface area contributed by atoms with Gasteiger partial charge in [-0.2, -0.15) is 0 Å². The largest absolute Gasteiger partial charge is 0.483 e. The number of rotatable bonds is 4. The lowest BCUT2D eigenvalue weighted by Crippen LogP contribution is -2.48. The Morgan fingerprint density at radius 1 is 1.19 bits per heavy atom. The molecule has 26 heavy (non-hydrogen) atoms. The zero-order valence-corrected chi connectivity index (χ0v) is 16.4. The first-order valence-electron chi connectivity index (χ1n) is 9.12. The molecule has 0 radical (unpaired) electrons. The Bertz CT molecular complexity index is 644. The number of likely N-dealkylation sites (tertiary alicyclic amines) is 1. The molecule has 2 amide bonds. The molecule has 1 fully saturated rings. The molecular formula is C20H30N2O4. The Morgan fingerprint density at radius 3 is 2.46 bits per heavy atom. The summed E-state index contributed by atoms with van der Waals surface area (Å²) in [5.41, 5.74) is 1.69. The average molecular weight is 362 g/mol. The number of benzene rings is 1. The number of carbonyl (C=O) groups excluding carboxylic acids is 2. The highest BCUT2D eigenvalue weighted by Crippen LogP contribution is 2.20. The van der Waals surface area contributed by atoms with Gasteiger partial charge < -0.3 is 19.7 Å². The van der Waals surface area contributed by atoms with Gasteiger partial charge in [-0.05, 0) is 64.7 Å². The molecule has 1 saturated heterocycles. The van der Waals surface area contributed by atoms with Crippen LogP contribution >= 0.6 is 0 Å². The number of hydrogen-bond donors (Lipinski definition) is 1. The lowest BCUT2D eigenvalue weighted by Gasteiger charge is -2.33. The Morgan fingerprint density at radius 2 is 1.85 bits per heavy atom. The molecule has 1 aliphatic rings. The fraction of sp³-hybridized carbons (Fsp3) is 0.600. The Balaban J connectivity index is 1.74. The molecule has 0 bridgehead atoms. The van der Waals surface area contributed by atoms with E-state index in [1.165, 1.54) is 0 Å². The Hall–Kier alpha value is -2.24. The van der Waals surface area contributed by atoms with Gasteiger partial charge in [-0.3, -0.25) is 4.79 Å². The number of nitrogens with one attached hydrogen (secondary N) is 1. The van der Waals surface area contributed by atoms with Gasteiger partial charge in [-0.15, -0.1) is 0 Å². The summed E-state index contributed by atoms with van der Waals surface area (Å²) in [6, 6.07) is 5.86. The van der Waals surface area contributed by atoms with Crippen LogP contribution in [0.4, 0.5) is 4.79 Å². The molecule has 0 aromatic heterocycles. The summed E-state index contributed by atoms with van der Waals surface area (Å²) in [6.45, 7) is 10.7. The quantitative estimate of drug-likeness (QED) is 0.893. The topological polar surface area (TPSA) is 67.9 Å². The molecule has 0 aliphatic carbocycles. The van der Waals surface area contributed by atoms with Crippen LogP contribution in [0.25, 0.3) is 0 Å². The molecule has 1 heterocycles. The number of aryl methyl sites for hydroxylation is 1. The highest BCUT2D eigenvalue weighted by atomic mass is 16.6. The lowest BCUT2D eigenvalue weighted by atomic mass is 10.1. The molecule has 6 nitrogen and oxygen atoms in total. The molecule has 6 heteroatoms. The van der Waals surface area contributed by atoms with Crippen LogP contribution in [-0.4, -0.2) is 48.2 Å². The van der Waals surface area contributed by atoms with Crippen molar-refractivity contribution in [1.29, 1.82) is 0 Å². The predicted octanol–water partition coefficient (Wildman–Crippen LogP) is 3.20. The standard InChI is InChI=1S/C20H30N2O4/c1-14-7-6-8-17(15(14)2)25-13-18(23)21-16-9-11-22(12-10-16)19(24)26-20(3,4)5/h6-8,16H,9-13H2,1-5H3,(H,21,23). The third-order valence-corrected chi connectivity index (χ3v) is 4.43. The van der Waals surface area contributed by atoms with Crippen molar-refractivity contribution >= 4 is 12.0 Å². The molecule has 0 spiro atoms. The third kappa shape index (κ3) is 5.93. The van der Waals surface area contributed by atoms with Gasteiger partial charge in [0.25, 0.3) is 5.91 Å². The van der Waals surface area contributed by atoms with E-state index in [-0.39, 0.29) is 24.6 Å². The summed E-state index contributed by atoms with van der Waals surface area (Å²) in [5.74, 6) is 0.599. The van der Waals surface area contributed by atoms with Gasteiger partial charge in [0.1, 0.15) is 11.4 Å². The summed E-state index contributed by atoms with van der Waals surface area (Å²) >= 11 is 0. The second-order valence-electron chi connectivity index (χ2n) is 7.80. The third-order valence-electron chi connectivity index (χ3n) is 4.43. The minimum absolute atomic E-state index is 0.00340. The van der Waals surface area contributed by atoms with Crippen molar-refractivity contribution in [2.24, 2.45) is 0 Å². The Labute approximate surface area is 155 Å². The van der Waals surface area contributed by atoms with Gasteiger partial charge in [-0.1, -0.05) is 12.1 Å². The van der Waals surface area contributed by atoms with E-state index in [4.69, 9.17) is 9.47 Å². The van der Waals surface area contributed by atoms with E-state index in [1.807, 2.05) is 52.8 Å². The number of piperidine rings is 1. The van der Waals surface area contributed by atoms with Crippen LogP contribution in [0.2, 0.25) is 0 Å².